The number of ether oxygens (including phenoxy) is 1. The molecule has 6 nitrogen and oxygen atoms in total. The number of hydrogen-bond donors (Lipinski definition) is 0. The Morgan fingerprint density at radius 2 is 1.96 bits per heavy atom. The third-order valence-electron chi connectivity index (χ3n) is 4.42. The Kier molecular flexibility index (Phi) is 3.72. The molecule has 0 fully saturated rings. The van der Waals surface area contributed by atoms with Gasteiger partial charge in [-0.15, -0.1) is 5.10 Å². The lowest BCUT2D eigenvalue weighted by molar-refractivity contribution is 0.0764. The molecule has 0 saturated carbocycles. The zero-order valence-corrected chi connectivity index (χ0v) is 14.1. The second-order valence-electron chi connectivity index (χ2n) is 6.13. The predicted molar refractivity (Wildman–Crippen MR) is 93.0 cm³/mol. The molecular weight excluding hydrogens is 316 g/mol. The van der Waals surface area contributed by atoms with Crippen LogP contribution in [0.15, 0.2) is 48.7 Å². The minimum atomic E-state index is 0.0189. The lowest BCUT2D eigenvalue weighted by Crippen LogP contribution is -2.23. The maximum atomic E-state index is 12.7. The van der Waals surface area contributed by atoms with E-state index in [9.17, 15) is 4.79 Å². The van der Waals surface area contributed by atoms with Gasteiger partial charge in [-0.05, 0) is 17.2 Å². The zero-order chi connectivity index (χ0) is 17.4. The van der Waals surface area contributed by atoms with Crippen LogP contribution in [-0.4, -0.2) is 32.9 Å². The Morgan fingerprint density at radius 1 is 1.16 bits per heavy atom. The number of amides is 1. The van der Waals surface area contributed by atoms with E-state index in [1.807, 2.05) is 60.6 Å². The number of nitrogens with zero attached hydrogens (tertiary/aromatic N) is 4. The third kappa shape index (κ3) is 2.76. The summed E-state index contributed by atoms with van der Waals surface area (Å²) in [5.41, 5.74) is 4.62. The van der Waals surface area contributed by atoms with Crippen molar-refractivity contribution < 1.29 is 9.53 Å². The average Bonchev–Trinajstić information content (AvgIpc) is 3.20. The van der Waals surface area contributed by atoms with Crippen molar-refractivity contribution in [2.75, 3.05) is 7.11 Å². The number of hydrogen-bond acceptors (Lipinski definition) is 4. The minimum Gasteiger partial charge on any atom is -0.496 e. The number of rotatable bonds is 4. The number of aromatic nitrogens is 3. The fourth-order valence-electron chi connectivity index (χ4n) is 3.17. The van der Waals surface area contributed by atoms with E-state index in [2.05, 4.69) is 10.3 Å². The topological polar surface area (TPSA) is 60.2 Å². The van der Waals surface area contributed by atoms with Crippen LogP contribution in [0, 0.1) is 0 Å². The summed E-state index contributed by atoms with van der Waals surface area (Å²) in [7, 11) is 3.44. The molecule has 0 N–H and O–H groups in total. The fourth-order valence-corrected chi connectivity index (χ4v) is 3.17. The quantitative estimate of drug-likeness (QED) is 0.736. The largest absolute Gasteiger partial charge is 0.496 e. The molecular formula is C19H18N4O2. The molecule has 1 aliphatic rings. The van der Waals surface area contributed by atoms with Crippen molar-refractivity contribution in [1.29, 1.82) is 0 Å². The monoisotopic (exact) mass is 334 g/mol. The van der Waals surface area contributed by atoms with Crippen molar-refractivity contribution >= 4 is 5.91 Å². The van der Waals surface area contributed by atoms with Gasteiger partial charge in [-0.25, -0.2) is 0 Å². The highest BCUT2D eigenvalue weighted by Gasteiger charge is 2.30. The molecule has 0 atom stereocenters. The van der Waals surface area contributed by atoms with Gasteiger partial charge in [0.2, 0.25) is 0 Å². The highest BCUT2D eigenvalue weighted by atomic mass is 16.5. The molecule has 1 aromatic heterocycles. The first-order valence-electron chi connectivity index (χ1n) is 8.06. The molecule has 6 heteroatoms. The molecule has 0 aliphatic carbocycles. The zero-order valence-electron chi connectivity index (χ0n) is 14.1. The van der Waals surface area contributed by atoms with E-state index >= 15 is 0 Å². The Hall–Kier alpha value is -3.15. The smallest absolute Gasteiger partial charge is 0.258 e. The second kappa shape index (κ2) is 6.05. The third-order valence-corrected chi connectivity index (χ3v) is 4.42. The molecule has 0 radical (unpaired) electrons. The van der Waals surface area contributed by atoms with Crippen LogP contribution in [0.1, 0.15) is 21.5 Å². The van der Waals surface area contributed by atoms with Gasteiger partial charge in [0, 0.05) is 25.7 Å². The summed E-state index contributed by atoms with van der Waals surface area (Å²) >= 11 is 0. The fraction of sp³-hybridized carbons (Fsp3) is 0.211. The molecule has 25 heavy (non-hydrogen) atoms. The van der Waals surface area contributed by atoms with Crippen LogP contribution in [0.2, 0.25) is 0 Å². The van der Waals surface area contributed by atoms with E-state index in [0.717, 1.165) is 22.4 Å². The van der Waals surface area contributed by atoms with Crippen LogP contribution in [0.3, 0.4) is 0 Å². The molecule has 126 valence electrons. The lowest BCUT2D eigenvalue weighted by Gasteiger charge is -2.16. The molecule has 0 spiro atoms. The molecule has 1 amide bonds. The lowest BCUT2D eigenvalue weighted by atomic mass is 10.1. The average molecular weight is 334 g/mol. The molecule has 0 unspecified atom stereocenters. The van der Waals surface area contributed by atoms with Crippen LogP contribution < -0.4 is 4.74 Å². The maximum absolute atomic E-state index is 12.7. The highest BCUT2D eigenvalue weighted by Crippen LogP contribution is 2.31. The molecule has 4 rings (SSSR count). The van der Waals surface area contributed by atoms with Gasteiger partial charge in [-0.3, -0.25) is 9.48 Å². The number of fused-ring (bicyclic) bond motifs is 1. The number of aryl methyl sites for hydroxylation is 1. The van der Waals surface area contributed by atoms with Crippen molar-refractivity contribution in [3.8, 4) is 17.0 Å². The summed E-state index contributed by atoms with van der Waals surface area (Å²) < 4.78 is 7.01. The summed E-state index contributed by atoms with van der Waals surface area (Å²) in [5, 5.41) is 8.06. The standard InChI is InChI=1S/C19H18N4O2/c1-22-12-16(20-21-22)14-8-6-13(7-9-14)10-23-11-15-4-3-5-17(25-2)18(15)19(23)24/h3-9,12H,10-11H2,1-2H3. The SMILES string of the molecule is COc1cccc2c1C(=O)N(Cc1ccc(-c3cn(C)nn3)cc1)C2. The number of carbonyl (C=O) groups is 1. The summed E-state index contributed by atoms with van der Waals surface area (Å²) in [5.74, 6) is 0.661. The Labute approximate surface area is 145 Å². The first kappa shape index (κ1) is 15.4. The van der Waals surface area contributed by atoms with E-state index in [-0.39, 0.29) is 5.91 Å². The molecule has 2 heterocycles. The van der Waals surface area contributed by atoms with Gasteiger partial charge in [0.25, 0.3) is 5.91 Å². The second-order valence-corrected chi connectivity index (χ2v) is 6.13. The van der Waals surface area contributed by atoms with E-state index in [4.69, 9.17) is 4.74 Å². The van der Waals surface area contributed by atoms with Gasteiger partial charge in [-0.1, -0.05) is 41.6 Å². The predicted octanol–water partition coefficient (Wildman–Crippen LogP) is 2.65. The Balaban J connectivity index is 1.53. The van der Waals surface area contributed by atoms with E-state index in [1.165, 1.54) is 0 Å². The maximum Gasteiger partial charge on any atom is 0.258 e. The van der Waals surface area contributed by atoms with Gasteiger partial charge >= 0.3 is 0 Å². The first-order chi connectivity index (χ1) is 12.2. The van der Waals surface area contributed by atoms with Crippen LogP contribution >= 0.6 is 0 Å². The normalized spacial score (nSPS) is 13.2. The van der Waals surface area contributed by atoms with Gasteiger partial charge in [-0.2, -0.15) is 0 Å². The molecule has 1 aliphatic heterocycles. The van der Waals surface area contributed by atoms with Crippen molar-refractivity contribution in [2.24, 2.45) is 7.05 Å². The van der Waals surface area contributed by atoms with Crippen molar-refractivity contribution in [3.05, 3.63) is 65.4 Å². The summed E-state index contributed by atoms with van der Waals surface area (Å²) in [6, 6.07) is 13.8. The van der Waals surface area contributed by atoms with Crippen molar-refractivity contribution in [3.63, 3.8) is 0 Å². The van der Waals surface area contributed by atoms with E-state index < -0.39 is 0 Å². The number of carbonyl (C=O) groups excluding carboxylic acids is 1. The number of methoxy groups -OCH3 is 1. The summed E-state index contributed by atoms with van der Waals surface area (Å²) in [6.45, 7) is 1.18. The molecule has 0 saturated heterocycles. The van der Waals surface area contributed by atoms with Gasteiger partial charge < -0.3 is 9.64 Å². The number of benzene rings is 2. The van der Waals surface area contributed by atoms with Crippen LogP contribution in [0.25, 0.3) is 11.3 Å². The molecule has 2 aromatic carbocycles. The van der Waals surface area contributed by atoms with Gasteiger partial charge in [0.1, 0.15) is 11.4 Å². The van der Waals surface area contributed by atoms with Crippen LogP contribution in [0.5, 0.6) is 5.75 Å². The van der Waals surface area contributed by atoms with Crippen LogP contribution in [-0.2, 0) is 20.1 Å². The van der Waals surface area contributed by atoms with Gasteiger partial charge in [0.15, 0.2) is 0 Å². The minimum absolute atomic E-state index is 0.0189. The van der Waals surface area contributed by atoms with Crippen LogP contribution in [0.4, 0.5) is 0 Å². The van der Waals surface area contributed by atoms with Crippen molar-refractivity contribution in [2.45, 2.75) is 13.1 Å². The van der Waals surface area contributed by atoms with E-state index in [0.29, 0.717) is 24.4 Å². The Morgan fingerprint density at radius 3 is 2.64 bits per heavy atom. The summed E-state index contributed by atoms with van der Waals surface area (Å²) in [4.78, 5) is 14.5. The van der Waals surface area contributed by atoms with E-state index in [1.54, 1.807) is 11.8 Å². The Bertz CT molecular complexity index is 931. The summed E-state index contributed by atoms with van der Waals surface area (Å²) in [6.07, 6.45) is 1.88. The van der Waals surface area contributed by atoms with Gasteiger partial charge in [0.05, 0.1) is 18.9 Å². The molecule has 0 bridgehead atoms. The van der Waals surface area contributed by atoms with Crippen molar-refractivity contribution in [1.82, 2.24) is 19.9 Å². The highest BCUT2D eigenvalue weighted by molar-refractivity contribution is 6.00. The first-order valence-corrected chi connectivity index (χ1v) is 8.06. The molecule has 3 aromatic rings.